The molecular weight excluding hydrogens is 485 g/mol. The number of hydrogen-bond acceptors (Lipinski definition) is 6. The molecule has 4 rings (SSSR count). The maximum atomic E-state index is 12.8. The van der Waals surface area contributed by atoms with E-state index >= 15 is 0 Å². The standard InChI is InChI=1S/C21H24N4O2S.C2HF3O2/c1-21(2)15(8-9-24-21)11-22-18(26)17-12-23-20-25(19(17)27)13-16(28-20)10-14-6-4-3-5-7-14;3-2(4,5)1(6)7/h3-7,12-13,15,24H,8-11H2,1-2H3,(H,22,26);(H,6,7). The summed E-state index contributed by atoms with van der Waals surface area (Å²) in [5.74, 6) is -2.77. The third-order valence-electron chi connectivity index (χ3n) is 5.77. The Balaban J connectivity index is 0.000000429. The lowest BCUT2D eigenvalue weighted by Crippen LogP contribution is -2.44. The van der Waals surface area contributed by atoms with Gasteiger partial charge in [0, 0.05) is 35.8 Å². The third kappa shape index (κ3) is 6.67. The first-order chi connectivity index (χ1) is 16.4. The Kier molecular flexibility index (Phi) is 7.96. The van der Waals surface area contributed by atoms with E-state index in [-0.39, 0.29) is 22.6 Å². The summed E-state index contributed by atoms with van der Waals surface area (Å²) >= 11 is 1.47. The minimum atomic E-state index is -5.08. The highest BCUT2D eigenvalue weighted by atomic mass is 32.1. The van der Waals surface area contributed by atoms with Crippen LogP contribution in [0.1, 0.15) is 41.1 Å². The van der Waals surface area contributed by atoms with Crippen LogP contribution in [-0.2, 0) is 11.2 Å². The normalized spacial score (nSPS) is 17.0. The summed E-state index contributed by atoms with van der Waals surface area (Å²) in [5, 5.41) is 13.5. The molecule has 3 aromatic rings. The SMILES string of the molecule is CC1(C)NCCC1CNC(=O)c1cnc2sc(Cc3ccccc3)cn2c1=O.O=C(O)C(F)(F)F. The molecule has 1 atom stereocenters. The Morgan fingerprint density at radius 1 is 1.29 bits per heavy atom. The molecule has 0 spiro atoms. The number of carboxylic acids is 1. The number of benzene rings is 1. The predicted molar refractivity (Wildman–Crippen MR) is 125 cm³/mol. The molecule has 0 aliphatic carbocycles. The Morgan fingerprint density at radius 3 is 2.51 bits per heavy atom. The highest BCUT2D eigenvalue weighted by molar-refractivity contribution is 7.17. The van der Waals surface area contributed by atoms with Gasteiger partial charge in [0.25, 0.3) is 11.5 Å². The van der Waals surface area contributed by atoms with Crippen LogP contribution in [0.15, 0.2) is 47.5 Å². The number of amides is 1. The molecule has 1 aliphatic heterocycles. The molecule has 35 heavy (non-hydrogen) atoms. The number of carboxylic acid groups (broad SMARTS) is 1. The van der Waals surface area contributed by atoms with Gasteiger partial charge in [-0.15, -0.1) is 11.3 Å². The number of carbonyl (C=O) groups is 2. The number of nitrogens with one attached hydrogen (secondary N) is 2. The molecule has 1 unspecified atom stereocenters. The number of alkyl halides is 3. The predicted octanol–water partition coefficient (Wildman–Crippen LogP) is 3.10. The van der Waals surface area contributed by atoms with E-state index in [9.17, 15) is 22.8 Å². The number of halogens is 3. The molecule has 0 radical (unpaired) electrons. The van der Waals surface area contributed by atoms with Gasteiger partial charge in [0.1, 0.15) is 5.56 Å². The van der Waals surface area contributed by atoms with Crippen molar-refractivity contribution in [3.8, 4) is 0 Å². The van der Waals surface area contributed by atoms with Gasteiger partial charge in [-0.2, -0.15) is 13.2 Å². The Morgan fingerprint density at radius 2 is 1.94 bits per heavy atom. The largest absolute Gasteiger partial charge is 0.490 e. The molecule has 1 saturated heterocycles. The van der Waals surface area contributed by atoms with Crippen molar-refractivity contribution in [3.05, 3.63) is 69.1 Å². The van der Waals surface area contributed by atoms with Crippen LogP contribution in [0, 0.1) is 5.92 Å². The molecule has 188 valence electrons. The number of thiazole rings is 1. The average Bonchev–Trinajstić information content (AvgIpc) is 3.35. The zero-order chi connectivity index (χ0) is 25.8. The highest BCUT2D eigenvalue weighted by Crippen LogP contribution is 2.25. The minimum absolute atomic E-state index is 0.00970. The average molecular weight is 511 g/mol. The Bertz CT molecular complexity index is 1260. The number of carbonyl (C=O) groups excluding carboxylic acids is 1. The van der Waals surface area contributed by atoms with E-state index in [1.54, 1.807) is 6.20 Å². The van der Waals surface area contributed by atoms with Crippen LogP contribution >= 0.6 is 11.3 Å². The number of aromatic nitrogens is 2. The molecule has 3 N–H and O–H groups in total. The lowest BCUT2D eigenvalue weighted by atomic mass is 9.89. The highest BCUT2D eigenvalue weighted by Gasteiger charge is 2.38. The van der Waals surface area contributed by atoms with Gasteiger partial charge < -0.3 is 15.7 Å². The first kappa shape index (κ1) is 26.4. The molecule has 8 nitrogen and oxygen atoms in total. The van der Waals surface area contributed by atoms with Gasteiger partial charge in [-0.1, -0.05) is 30.3 Å². The van der Waals surface area contributed by atoms with E-state index < -0.39 is 12.1 Å². The molecule has 3 heterocycles. The number of nitrogens with zero attached hydrogens (tertiary/aromatic N) is 2. The molecule has 1 amide bonds. The molecular formula is C23H25F3N4O4S. The second-order valence-electron chi connectivity index (χ2n) is 8.64. The molecule has 12 heteroatoms. The van der Waals surface area contributed by atoms with Crippen molar-refractivity contribution in [1.29, 1.82) is 0 Å². The van der Waals surface area contributed by atoms with E-state index in [4.69, 9.17) is 9.90 Å². The molecule has 1 fully saturated rings. The van der Waals surface area contributed by atoms with Gasteiger partial charge in [-0.25, -0.2) is 9.78 Å². The van der Waals surface area contributed by atoms with Gasteiger partial charge in [-0.3, -0.25) is 14.0 Å². The van der Waals surface area contributed by atoms with Crippen LogP contribution in [0.3, 0.4) is 0 Å². The second kappa shape index (κ2) is 10.6. The van der Waals surface area contributed by atoms with E-state index in [2.05, 4.69) is 41.6 Å². The summed E-state index contributed by atoms with van der Waals surface area (Å²) in [7, 11) is 0. The first-order valence-electron chi connectivity index (χ1n) is 10.8. The van der Waals surface area contributed by atoms with Crippen LogP contribution in [0.5, 0.6) is 0 Å². The molecule has 1 aromatic carbocycles. The van der Waals surface area contributed by atoms with Gasteiger partial charge in [0.15, 0.2) is 4.96 Å². The fraction of sp³-hybridized carbons (Fsp3) is 0.391. The van der Waals surface area contributed by atoms with Gasteiger partial charge in [0.05, 0.1) is 0 Å². The molecule has 2 aromatic heterocycles. The second-order valence-corrected chi connectivity index (χ2v) is 9.73. The summed E-state index contributed by atoms with van der Waals surface area (Å²) in [6, 6.07) is 10.1. The molecule has 0 bridgehead atoms. The van der Waals surface area contributed by atoms with Gasteiger partial charge in [-0.05, 0) is 38.3 Å². The zero-order valence-corrected chi connectivity index (χ0v) is 19.9. The molecule has 1 aliphatic rings. The van der Waals surface area contributed by atoms with Crippen LogP contribution < -0.4 is 16.2 Å². The maximum absolute atomic E-state index is 12.8. The van der Waals surface area contributed by atoms with Crippen molar-refractivity contribution in [1.82, 2.24) is 20.0 Å². The van der Waals surface area contributed by atoms with Gasteiger partial charge >= 0.3 is 12.1 Å². The van der Waals surface area contributed by atoms with Crippen molar-refractivity contribution >= 4 is 28.2 Å². The summed E-state index contributed by atoms with van der Waals surface area (Å²) in [4.78, 5) is 40.3. The van der Waals surface area contributed by atoms with Crippen LogP contribution in [0.4, 0.5) is 13.2 Å². The first-order valence-corrected chi connectivity index (χ1v) is 11.6. The smallest absolute Gasteiger partial charge is 0.475 e. The number of fused-ring (bicyclic) bond motifs is 1. The Labute approximate surface area is 202 Å². The minimum Gasteiger partial charge on any atom is -0.475 e. The fourth-order valence-corrected chi connectivity index (χ4v) is 4.68. The van der Waals surface area contributed by atoms with Crippen molar-refractivity contribution in [3.63, 3.8) is 0 Å². The van der Waals surface area contributed by atoms with E-state index in [0.29, 0.717) is 17.4 Å². The van der Waals surface area contributed by atoms with Crippen LogP contribution in [0.2, 0.25) is 0 Å². The van der Waals surface area contributed by atoms with Crippen LogP contribution in [0.25, 0.3) is 4.96 Å². The summed E-state index contributed by atoms with van der Waals surface area (Å²) in [6.07, 6.45) is -0.145. The monoisotopic (exact) mass is 510 g/mol. The lowest BCUT2D eigenvalue weighted by Gasteiger charge is -2.27. The van der Waals surface area contributed by atoms with E-state index in [1.807, 2.05) is 18.2 Å². The van der Waals surface area contributed by atoms with Crippen molar-refractivity contribution in [2.24, 2.45) is 5.92 Å². The summed E-state index contributed by atoms with van der Waals surface area (Å²) in [5.41, 5.74) is 0.935. The summed E-state index contributed by atoms with van der Waals surface area (Å²) in [6.45, 7) is 5.77. The topological polar surface area (TPSA) is 113 Å². The van der Waals surface area contributed by atoms with E-state index in [0.717, 1.165) is 24.3 Å². The Hall–Kier alpha value is -3.25. The van der Waals surface area contributed by atoms with Gasteiger partial charge in [0.2, 0.25) is 0 Å². The lowest BCUT2D eigenvalue weighted by molar-refractivity contribution is -0.192. The third-order valence-corrected chi connectivity index (χ3v) is 6.76. The number of hydrogen-bond donors (Lipinski definition) is 3. The fourth-order valence-electron chi connectivity index (χ4n) is 3.71. The molecule has 0 saturated carbocycles. The van der Waals surface area contributed by atoms with Crippen LogP contribution in [-0.4, -0.2) is 51.2 Å². The van der Waals surface area contributed by atoms with Crippen molar-refractivity contribution in [2.45, 2.75) is 38.4 Å². The number of rotatable bonds is 5. The zero-order valence-electron chi connectivity index (χ0n) is 19.1. The quantitative estimate of drug-likeness (QED) is 0.486. The van der Waals surface area contributed by atoms with Crippen molar-refractivity contribution in [2.75, 3.05) is 13.1 Å². The van der Waals surface area contributed by atoms with E-state index in [1.165, 1.54) is 27.5 Å². The number of aliphatic carboxylic acids is 1. The maximum Gasteiger partial charge on any atom is 0.490 e. The van der Waals surface area contributed by atoms with Crippen molar-refractivity contribution < 1.29 is 27.9 Å². The summed E-state index contributed by atoms with van der Waals surface area (Å²) < 4.78 is 33.2.